The first-order valence-corrected chi connectivity index (χ1v) is 8.23. The average molecular weight is 313 g/mol. The Morgan fingerprint density at radius 3 is 2.58 bits per heavy atom. The maximum absolute atomic E-state index is 5.71. The Kier molecular flexibility index (Phi) is 3.87. The molecule has 2 heteroatoms. The number of benzene rings is 2. The van der Waals surface area contributed by atoms with Gasteiger partial charge >= 0.3 is 0 Å². The standard InChI is InChI=1S/C22H19NO/c1-16-10-12-18(13-11-16)21-20-15-14-19(22(20)24-23-21)9-5-8-17-6-3-2-4-7-17/h2-15,20,22H,1H3/b8-5+,19-9-/t20-,22-/m0/s1. The van der Waals surface area contributed by atoms with Crippen molar-refractivity contribution >= 4 is 11.8 Å². The van der Waals surface area contributed by atoms with E-state index in [9.17, 15) is 0 Å². The molecule has 0 saturated carbocycles. The lowest BCUT2D eigenvalue weighted by molar-refractivity contribution is 0.104. The summed E-state index contributed by atoms with van der Waals surface area (Å²) < 4.78 is 0. The minimum Gasteiger partial charge on any atom is -0.386 e. The molecule has 0 radical (unpaired) electrons. The number of aryl methyl sites for hydroxylation is 1. The van der Waals surface area contributed by atoms with Gasteiger partial charge in [-0.1, -0.05) is 95.7 Å². The van der Waals surface area contributed by atoms with E-state index in [-0.39, 0.29) is 12.0 Å². The van der Waals surface area contributed by atoms with E-state index in [0.717, 1.165) is 16.8 Å². The zero-order valence-corrected chi connectivity index (χ0v) is 13.6. The largest absolute Gasteiger partial charge is 0.386 e. The fourth-order valence-corrected chi connectivity index (χ4v) is 3.11. The number of hydrogen-bond donors (Lipinski definition) is 0. The van der Waals surface area contributed by atoms with E-state index >= 15 is 0 Å². The highest BCUT2D eigenvalue weighted by atomic mass is 16.6. The van der Waals surface area contributed by atoms with E-state index in [0.29, 0.717) is 0 Å². The van der Waals surface area contributed by atoms with Crippen LogP contribution in [0.1, 0.15) is 16.7 Å². The van der Waals surface area contributed by atoms with Crippen molar-refractivity contribution in [2.75, 3.05) is 0 Å². The second-order valence-electron chi connectivity index (χ2n) is 6.19. The first-order valence-electron chi connectivity index (χ1n) is 8.23. The zero-order chi connectivity index (χ0) is 16.4. The minimum atomic E-state index is 0.00160. The maximum atomic E-state index is 5.71. The molecule has 0 unspecified atom stereocenters. The molecule has 0 fully saturated rings. The molecule has 2 aromatic rings. The van der Waals surface area contributed by atoms with Crippen LogP contribution in [0.3, 0.4) is 0 Å². The van der Waals surface area contributed by atoms with Gasteiger partial charge < -0.3 is 4.84 Å². The van der Waals surface area contributed by atoms with Crippen LogP contribution in [-0.2, 0) is 4.84 Å². The molecule has 2 aromatic carbocycles. The molecule has 0 N–H and O–H groups in total. The van der Waals surface area contributed by atoms with Gasteiger partial charge in [-0.25, -0.2) is 0 Å². The molecule has 0 saturated heterocycles. The molecule has 0 spiro atoms. The first-order chi connectivity index (χ1) is 11.8. The molecule has 1 heterocycles. The van der Waals surface area contributed by atoms with Crippen LogP contribution in [0, 0.1) is 12.8 Å². The van der Waals surface area contributed by atoms with Crippen LogP contribution in [-0.4, -0.2) is 11.8 Å². The summed E-state index contributed by atoms with van der Waals surface area (Å²) in [5, 5.41) is 4.34. The number of nitrogens with zero attached hydrogens (tertiary/aromatic N) is 1. The maximum Gasteiger partial charge on any atom is 0.164 e. The van der Waals surface area contributed by atoms with Crippen molar-refractivity contribution < 1.29 is 4.84 Å². The lowest BCUT2D eigenvalue weighted by Gasteiger charge is -2.10. The predicted octanol–water partition coefficient (Wildman–Crippen LogP) is 4.92. The highest BCUT2D eigenvalue weighted by Gasteiger charge is 2.38. The Morgan fingerprint density at radius 2 is 1.79 bits per heavy atom. The van der Waals surface area contributed by atoms with Crippen molar-refractivity contribution in [1.82, 2.24) is 0 Å². The molecule has 2 atom stereocenters. The summed E-state index contributed by atoms with van der Waals surface area (Å²) in [4.78, 5) is 5.71. The van der Waals surface area contributed by atoms with Crippen molar-refractivity contribution in [2.45, 2.75) is 13.0 Å². The molecular formula is C22H19NO. The van der Waals surface area contributed by atoms with Gasteiger partial charge in [0.15, 0.2) is 6.10 Å². The highest BCUT2D eigenvalue weighted by Crippen LogP contribution is 2.34. The van der Waals surface area contributed by atoms with Gasteiger partial charge in [-0.05, 0) is 18.1 Å². The smallest absolute Gasteiger partial charge is 0.164 e. The topological polar surface area (TPSA) is 21.6 Å². The Bertz CT molecular complexity index is 841. The van der Waals surface area contributed by atoms with Crippen molar-refractivity contribution in [3.8, 4) is 0 Å². The highest BCUT2D eigenvalue weighted by molar-refractivity contribution is 6.05. The average Bonchev–Trinajstić information content (AvgIpc) is 3.20. The fraction of sp³-hybridized carbons (Fsp3) is 0.136. The Hall–Kier alpha value is -2.87. The first kappa shape index (κ1) is 14.7. The van der Waals surface area contributed by atoms with Crippen molar-refractivity contribution in [1.29, 1.82) is 0 Å². The number of rotatable bonds is 3. The minimum absolute atomic E-state index is 0.00160. The lowest BCUT2D eigenvalue weighted by Crippen LogP contribution is -2.19. The summed E-state index contributed by atoms with van der Waals surface area (Å²) in [6, 6.07) is 18.7. The summed E-state index contributed by atoms with van der Waals surface area (Å²) in [7, 11) is 0. The van der Waals surface area contributed by atoms with Crippen LogP contribution >= 0.6 is 0 Å². The van der Waals surface area contributed by atoms with E-state index in [2.05, 4.69) is 78.9 Å². The van der Waals surface area contributed by atoms with E-state index in [1.54, 1.807) is 0 Å². The van der Waals surface area contributed by atoms with E-state index in [4.69, 9.17) is 4.84 Å². The van der Waals surface area contributed by atoms with Crippen LogP contribution < -0.4 is 0 Å². The van der Waals surface area contributed by atoms with E-state index in [1.807, 2.05) is 18.2 Å². The molecule has 2 aliphatic rings. The van der Waals surface area contributed by atoms with Crippen molar-refractivity contribution in [3.63, 3.8) is 0 Å². The van der Waals surface area contributed by atoms with Crippen molar-refractivity contribution in [2.24, 2.45) is 11.1 Å². The Morgan fingerprint density at radius 1 is 1.00 bits per heavy atom. The van der Waals surface area contributed by atoms with Gasteiger partial charge in [0.05, 0.1) is 11.6 Å². The normalized spacial score (nSPS) is 23.5. The second-order valence-corrected chi connectivity index (χ2v) is 6.19. The second kappa shape index (κ2) is 6.32. The van der Waals surface area contributed by atoms with Gasteiger partial charge in [0.25, 0.3) is 0 Å². The van der Waals surface area contributed by atoms with Gasteiger partial charge in [-0.2, -0.15) is 0 Å². The van der Waals surface area contributed by atoms with Crippen molar-refractivity contribution in [3.05, 3.63) is 101 Å². The molecule has 0 bridgehead atoms. The monoisotopic (exact) mass is 313 g/mol. The Balaban J connectivity index is 1.50. The molecule has 24 heavy (non-hydrogen) atoms. The fourth-order valence-electron chi connectivity index (χ4n) is 3.11. The summed E-state index contributed by atoms with van der Waals surface area (Å²) in [5.41, 5.74) is 5.77. The summed E-state index contributed by atoms with van der Waals surface area (Å²) in [6.07, 6.45) is 10.6. The molecular weight excluding hydrogens is 294 g/mol. The molecule has 1 aliphatic carbocycles. The van der Waals surface area contributed by atoms with E-state index in [1.165, 1.54) is 11.1 Å². The van der Waals surface area contributed by atoms with Gasteiger partial charge in [0.2, 0.25) is 0 Å². The summed E-state index contributed by atoms with van der Waals surface area (Å²) in [6.45, 7) is 2.09. The number of hydrogen-bond acceptors (Lipinski definition) is 2. The van der Waals surface area contributed by atoms with Crippen LogP contribution in [0.5, 0.6) is 0 Å². The molecule has 0 amide bonds. The predicted molar refractivity (Wildman–Crippen MR) is 98.8 cm³/mol. The number of allylic oxidation sites excluding steroid dienone is 2. The van der Waals surface area contributed by atoms with Gasteiger partial charge in [0, 0.05) is 5.56 Å². The Labute approximate surface area is 142 Å². The van der Waals surface area contributed by atoms with Crippen LogP contribution in [0.2, 0.25) is 0 Å². The van der Waals surface area contributed by atoms with Crippen LogP contribution in [0.25, 0.3) is 6.08 Å². The molecule has 118 valence electrons. The third-order valence-electron chi connectivity index (χ3n) is 4.46. The molecule has 4 rings (SSSR count). The molecule has 1 aliphatic heterocycles. The van der Waals surface area contributed by atoms with Crippen LogP contribution in [0.15, 0.2) is 89.6 Å². The quantitative estimate of drug-likeness (QED) is 0.788. The third kappa shape index (κ3) is 2.83. The summed E-state index contributed by atoms with van der Waals surface area (Å²) >= 11 is 0. The van der Waals surface area contributed by atoms with Gasteiger partial charge in [0.1, 0.15) is 0 Å². The van der Waals surface area contributed by atoms with Crippen LogP contribution in [0.4, 0.5) is 0 Å². The zero-order valence-electron chi connectivity index (χ0n) is 13.6. The number of oxime groups is 1. The van der Waals surface area contributed by atoms with Gasteiger partial charge in [-0.15, -0.1) is 0 Å². The molecule has 0 aromatic heterocycles. The van der Waals surface area contributed by atoms with E-state index < -0.39 is 0 Å². The lowest BCUT2D eigenvalue weighted by atomic mass is 9.93. The SMILES string of the molecule is Cc1ccc(C2=NO[C@H]3/C(=C\C=C\c4ccccc4)C=C[C@@H]23)cc1. The molecule has 2 nitrogen and oxygen atoms in total. The number of fused-ring (bicyclic) bond motifs is 1. The summed E-state index contributed by atoms with van der Waals surface area (Å²) in [5.74, 6) is 0.212. The van der Waals surface area contributed by atoms with Gasteiger partial charge in [-0.3, -0.25) is 0 Å². The third-order valence-corrected chi connectivity index (χ3v) is 4.46.